The molecule has 0 aromatic carbocycles. The molecule has 14 heavy (non-hydrogen) atoms. The maximum Gasteiger partial charge on any atom is 0.338 e. The van der Waals surface area contributed by atoms with Gasteiger partial charge in [-0.25, -0.2) is 4.79 Å². The van der Waals surface area contributed by atoms with Crippen LogP contribution in [0.25, 0.3) is 0 Å². The normalized spacial score (nSPS) is 16.5. The van der Waals surface area contributed by atoms with Crippen molar-refractivity contribution in [2.75, 3.05) is 6.61 Å². The number of ether oxygens (including phenoxy) is 1. The summed E-state index contributed by atoms with van der Waals surface area (Å²) in [5, 5.41) is 0. The molecule has 4 heteroatoms. The van der Waals surface area contributed by atoms with Crippen molar-refractivity contribution < 1.29 is 9.53 Å². The Labute approximate surface area is 85.0 Å². The SMILES string of the molecule is C#CC(N)(CCC(C)N)C(=O)OCC. The van der Waals surface area contributed by atoms with Crippen molar-refractivity contribution in [1.82, 2.24) is 0 Å². The Kier molecular flexibility index (Phi) is 5.21. The predicted molar refractivity (Wildman–Crippen MR) is 55.3 cm³/mol. The Morgan fingerprint density at radius 2 is 2.29 bits per heavy atom. The van der Waals surface area contributed by atoms with E-state index in [1.807, 2.05) is 6.92 Å². The molecule has 4 N–H and O–H groups in total. The van der Waals surface area contributed by atoms with Crippen LogP contribution in [0.2, 0.25) is 0 Å². The summed E-state index contributed by atoms with van der Waals surface area (Å²) in [6.45, 7) is 3.82. The molecule has 0 aliphatic rings. The van der Waals surface area contributed by atoms with Crippen molar-refractivity contribution in [2.24, 2.45) is 11.5 Å². The minimum absolute atomic E-state index is 0.0271. The second-order valence-corrected chi connectivity index (χ2v) is 3.35. The molecule has 4 nitrogen and oxygen atoms in total. The van der Waals surface area contributed by atoms with E-state index in [9.17, 15) is 4.79 Å². The number of carbonyl (C=O) groups is 1. The fraction of sp³-hybridized carbons (Fsp3) is 0.700. The van der Waals surface area contributed by atoms with Crippen LogP contribution in [-0.2, 0) is 9.53 Å². The summed E-state index contributed by atoms with van der Waals surface area (Å²) in [7, 11) is 0. The summed E-state index contributed by atoms with van der Waals surface area (Å²) >= 11 is 0. The zero-order valence-electron chi connectivity index (χ0n) is 8.75. The van der Waals surface area contributed by atoms with Crippen molar-refractivity contribution in [3.63, 3.8) is 0 Å². The van der Waals surface area contributed by atoms with E-state index in [0.717, 1.165) is 0 Å². The van der Waals surface area contributed by atoms with E-state index in [4.69, 9.17) is 22.6 Å². The van der Waals surface area contributed by atoms with Crippen LogP contribution in [0.4, 0.5) is 0 Å². The van der Waals surface area contributed by atoms with Crippen LogP contribution in [0.5, 0.6) is 0 Å². The molecule has 0 bridgehead atoms. The van der Waals surface area contributed by atoms with Gasteiger partial charge in [0.25, 0.3) is 0 Å². The molecular formula is C10H18N2O2. The molecule has 0 amide bonds. The molecule has 2 unspecified atom stereocenters. The maximum absolute atomic E-state index is 11.4. The molecule has 2 atom stereocenters. The van der Waals surface area contributed by atoms with Crippen LogP contribution in [0.1, 0.15) is 26.7 Å². The van der Waals surface area contributed by atoms with E-state index in [0.29, 0.717) is 12.8 Å². The van der Waals surface area contributed by atoms with Crippen molar-refractivity contribution in [1.29, 1.82) is 0 Å². The monoisotopic (exact) mass is 198 g/mol. The highest BCUT2D eigenvalue weighted by Gasteiger charge is 2.33. The summed E-state index contributed by atoms with van der Waals surface area (Å²) in [5.74, 6) is 1.71. The fourth-order valence-electron chi connectivity index (χ4n) is 0.948. The van der Waals surface area contributed by atoms with Crippen LogP contribution in [0.15, 0.2) is 0 Å². The van der Waals surface area contributed by atoms with Gasteiger partial charge in [0.1, 0.15) is 0 Å². The van der Waals surface area contributed by atoms with Gasteiger partial charge < -0.3 is 16.2 Å². The number of nitrogens with two attached hydrogens (primary N) is 2. The van der Waals surface area contributed by atoms with E-state index in [1.54, 1.807) is 6.92 Å². The molecule has 0 aliphatic heterocycles. The number of hydrogen-bond donors (Lipinski definition) is 2. The van der Waals surface area contributed by atoms with Gasteiger partial charge in [0, 0.05) is 6.04 Å². The number of esters is 1. The third-order valence-electron chi connectivity index (χ3n) is 1.89. The van der Waals surface area contributed by atoms with Gasteiger partial charge in [-0.05, 0) is 26.7 Å². The quantitative estimate of drug-likeness (QED) is 0.482. The third kappa shape index (κ3) is 3.77. The number of hydrogen-bond acceptors (Lipinski definition) is 4. The lowest BCUT2D eigenvalue weighted by molar-refractivity contribution is -0.147. The highest BCUT2D eigenvalue weighted by Crippen LogP contribution is 2.12. The Bertz CT molecular complexity index is 233. The van der Waals surface area contributed by atoms with Crippen LogP contribution in [0.3, 0.4) is 0 Å². The summed E-state index contributed by atoms with van der Waals surface area (Å²) in [5.41, 5.74) is 9.93. The van der Waals surface area contributed by atoms with Gasteiger partial charge in [0.05, 0.1) is 6.61 Å². The van der Waals surface area contributed by atoms with Gasteiger partial charge in [-0.1, -0.05) is 5.92 Å². The molecule has 0 aromatic heterocycles. The van der Waals surface area contributed by atoms with Crippen LogP contribution < -0.4 is 11.5 Å². The minimum atomic E-state index is -1.33. The molecule has 0 aromatic rings. The van der Waals surface area contributed by atoms with Gasteiger partial charge in [-0.15, -0.1) is 6.42 Å². The van der Waals surface area contributed by atoms with Crippen molar-refractivity contribution in [3.05, 3.63) is 0 Å². The van der Waals surface area contributed by atoms with Crippen molar-refractivity contribution >= 4 is 5.97 Å². The Balaban J connectivity index is 4.33. The first-order chi connectivity index (χ1) is 6.46. The topological polar surface area (TPSA) is 78.3 Å². The minimum Gasteiger partial charge on any atom is -0.464 e. The summed E-state index contributed by atoms with van der Waals surface area (Å²) in [4.78, 5) is 11.4. The molecular weight excluding hydrogens is 180 g/mol. The second kappa shape index (κ2) is 5.63. The number of carbonyl (C=O) groups excluding carboxylic acids is 1. The Morgan fingerprint density at radius 3 is 2.64 bits per heavy atom. The van der Waals surface area contributed by atoms with Gasteiger partial charge in [0.15, 0.2) is 5.54 Å². The van der Waals surface area contributed by atoms with Gasteiger partial charge in [0.2, 0.25) is 0 Å². The molecule has 0 aliphatic carbocycles. The van der Waals surface area contributed by atoms with Gasteiger partial charge in [-0.3, -0.25) is 0 Å². The highest BCUT2D eigenvalue weighted by molar-refractivity contribution is 5.84. The molecule has 80 valence electrons. The first-order valence-corrected chi connectivity index (χ1v) is 4.65. The van der Waals surface area contributed by atoms with E-state index in [2.05, 4.69) is 5.92 Å². The zero-order chi connectivity index (χ0) is 11.2. The average Bonchev–Trinajstić information content (AvgIpc) is 2.14. The standard InChI is InChI=1S/C10H18N2O2/c1-4-10(12,7-6-8(3)11)9(13)14-5-2/h1,8H,5-7,11-12H2,2-3H3. The van der Waals surface area contributed by atoms with Crippen molar-refractivity contribution in [3.8, 4) is 12.3 Å². The van der Waals surface area contributed by atoms with E-state index in [-0.39, 0.29) is 12.6 Å². The predicted octanol–water partition coefficient (Wildman–Crippen LogP) is 0.00760. The van der Waals surface area contributed by atoms with E-state index in [1.165, 1.54) is 0 Å². The zero-order valence-corrected chi connectivity index (χ0v) is 8.75. The first kappa shape index (κ1) is 12.9. The second-order valence-electron chi connectivity index (χ2n) is 3.35. The number of terminal acetylenes is 1. The molecule has 0 saturated heterocycles. The lowest BCUT2D eigenvalue weighted by Crippen LogP contribution is -2.48. The average molecular weight is 198 g/mol. The third-order valence-corrected chi connectivity index (χ3v) is 1.89. The molecule has 0 radical (unpaired) electrons. The Morgan fingerprint density at radius 1 is 1.71 bits per heavy atom. The lowest BCUT2D eigenvalue weighted by atomic mass is 9.94. The highest BCUT2D eigenvalue weighted by atomic mass is 16.5. The van der Waals surface area contributed by atoms with E-state index >= 15 is 0 Å². The van der Waals surface area contributed by atoms with Crippen LogP contribution in [-0.4, -0.2) is 24.2 Å². The summed E-state index contributed by atoms with van der Waals surface area (Å²) in [6.07, 6.45) is 6.15. The lowest BCUT2D eigenvalue weighted by Gasteiger charge is -2.21. The summed E-state index contributed by atoms with van der Waals surface area (Å²) < 4.78 is 4.78. The van der Waals surface area contributed by atoms with Crippen LogP contribution in [0, 0.1) is 12.3 Å². The van der Waals surface area contributed by atoms with Gasteiger partial charge in [-0.2, -0.15) is 0 Å². The molecule has 0 saturated carbocycles. The van der Waals surface area contributed by atoms with Crippen molar-refractivity contribution in [2.45, 2.75) is 38.3 Å². The van der Waals surface area contributed by atoms with E-state index < -0.39 is 11.5 Å². The molecule has 0 heterocycles. The van der Waals surface area contributed by atoms with Gasteiger partial charge >= 0.3 is 5.97 Å². The molecule has 0 rings (SSSR count). The Hall–Kier alpha value is -1.05. The largest absolute Gasteiger partial charge is 0.464 e. The number of rotatable bonds is 5. The summed E-state index contributed by atoms with van der Waals surface area (Å²) in [6, 6.07) is -0.0271. The maximum atomic E-state index is 11.4. The first-order valence-electron chi connectivity index (χ1n) is 4.65. The van der Waals surface area contributed by atoms with Crippen LogP contribution >= 0.6 is 0 Å². The fourth-order valence-corrected chi connectivity index (χ4v) is 0.948. The molecule has 0 fully saturated rings. The molecule has 0 spiro atoms. The smallest absolute Gasteiger partial charge is 0.338 e.